The van der Waals surface area contributed by atoms with Crippen LogP contribution in [0, 0.1) is 12.3 Å². The van der Waals surface area contributed by atoms with Crippen LogP contribution in [0.15, 0.2) is 18.2 Å². The second kappa shape index (κ2) is 4.75. The van der Waals surface area contributed by atoms with Crippen LogP contribution in [0.3, 0.4) is 0 Å². The van der Waals surface area contributed by atoms with Gasteiger partial charge in [-0.25, -0.2) is 0 Å². The van der Waals surface area contributed by atoms with Crippen LogP contribution in [-0.2, 0) is 11.2 Å². The van der Waals surface area contributed by atoms with Crippen molar-refractivity contribution in [3.05, 3.63) is 34.9 Å². The Morgan fingerprint density at radius 3 is 2.61 bits per heavy atom. The van der Waals surface area contributed by atoms with Crippen LogP contribution < -0.4 is 5.32 Å². The molecule has 1 amide bonds. The first-order valence-electron chi connectivity index (χ1n) is 6.71. The van der Waals surface area contributed by atoms with Crippen LogP contribution in [0.1, 0.15) is 49.8 Å². The lowest BCUT2D eigenvalue weighted by Crippen LogP contribution is -2.14. The third-order valence-corrected chi connectivity index (χ3v) is 3.54. The Balaban J connectivity index is 2.23. The van der Waals surface area contributed by atoms with E-state index >= 15 is 0 Å². The quantitative estimate of drug-likeness (QED) is 0.852. The van der Waals surface area contributed by atoms with Gasteiger partial charge >= 0.3 is 0 Å². The van der Waals surface area contributed by atoms with Gasteiger partial charge in [-0.1, -0.05) is 39.0 Å². The minimum atomic E-state index is 0.179. The Kier molecular flexibility index (Phi) is 3.47. The Hall–Kier alpha value is -1.31. The maximum absolute atomic E-state index is 11.3. The Labute approximate surface area is 110 Å². The van der Waals surface area contributed by atoms with Crippen molar-refractivity contribution in [2.75, 3.05) is 6.54 Å². The zero-order valence-corrected chi connectivity index (χ0v) is 11.8. The molecule has 1 aromatic carbocycles. The third-order valence-electron chi connectivity index (χ3n) is 3.54. The minimum absolute atomic E-state index is 0.179. The average Bonchev–Trinajstić information content (AvgIpc) is 2.66. The van der Waals surface area contributed by atoms with E-state index in [1.54, 1.807) is 0 Å². The fourth-order valence-corrected chi connectivity index (χ4v) is 2.55. The molecule has 1 aliphatic rings. The van der Waals surface area contributed by atoms with Crippen molar-refractivity contribution in [3.8, 4) is 0 Å². The number of benzene rings is 1. The maximum atomic E-state index is 11.3. The molecule has 0 saturated carbocycles. The summed E-state index contributed by atoms with van der Waals surface area (Å²) in [4.78, 5) is 11.3. The van der Waals surface area contributed by atoms with E-state index in [0.717, 1.165) is 13.0 Å². The van der Waals surface area contributed by atoms with E-state index in [9.17, 15) is 4.79 Å². The molecule has 1 fully saturated rings. The standard InChI is InChI=1S/C16H23NO/c1-11-5-6-12(14-8-15(18)17-10-14)7-13(11)9-16(2,3)4/h5-7,14H,8-10H2,1-4H3,(H,17,18). The Morgan fingerprint density at radius 1 is 1.33 bits per heavy atom. The van der Waals surface area contributed by atoms with E-state index in [0.29, 0.717) is 17.8 Å². The number of carbonyl (C=O) groups excluding carboxylic acids is 1. The number of hydrogen-bond acceptors (Lipinski definition) is 1. The number of rotatable bonds is 2. The summed E-state index contributed by atoms with van der Waals surface area (Å²) in [6.45, 7) is 9.75. The maximum Gasteiger partial charge on any atom is 0.220 e. The first kappa shape index (κ1) is 13.1. The zero-order valence-electron chi connectivity index (χ0n) is 11.8. The molecule has 1 aromatic rings. The molecular weight excluding hydrogens is 222 g/mol. The second-order valence-corrected chi connectivity index (χ2v) is 6.63. The fourth-order valence-electron chi connectivity index (χ4n) is 2.55. The van der Waals surface area contributed by atoms with Gasteiger partial charge in [0.25, 0.3) is 0 Å². The summed E-state index contributed by atoms with van der Waals surface area (Å²) < 4.78 is 0. The molecule has 0 aliphatic carbocycles. The molecule has 98 valence electrons. The predicted molar refractivity (Wildman–Crippen MR) is 74.7 cm³/mol. The molecule has 1 saturated heterocycles. The van der Waals surface area contributed by atoms with E-state index in [2.05, 4.69) is 51.2 Å². The zero-order chi connectivity index (χ0) is 13.3. The van der Waals surface area contributed by atoms with Gasteiger partial charge in [-0.3, -0.25) is 4.79 Å². The van der Waals surface area contributed by atoms with Crippen molar-refractivity contribution >= 4 is 5.91 Å². The molecule has 2 rings (SSSR count). The van der Waals surface area contributed by atoms with Crippen molar-refractivity contribution in [1.82, 2.24) is 5.32 Å². The summed E-state index contributed by atoms with van der Waals surface area (Å²) in [5.74, 6) is 0.537. The molecule has 1 unspecified atom stereocenters. The summed E-state index contributed by atoms with van der Waals surface area (Å²) in [5.41, 5.74) is 4.37. The molecule has 1 N–H and O–H groups in total. The SMILES string of the molecule is Cc1ccc(C2CNC(=O)C2)cc1CC(C)(C)C. The van der Waals surface area contributed by atoms with Crippen molar-refractivity contribution in [2.24, 2.45) is 5.41 Å². The molecular formula is C16H23NO. The summed E-state index contributed by atoms with van der Waals surface area (Å²) in [7, 11) is 0. The van der Waals surface area contributed by atoms with Gasteiger partial charge in [0.2, 0.25) is 5.91 Å². The van der Waals surface area contributed by atoms with Gasteiger partial charge < -0.3 is 5.32 Å². The highest BCUT2D eigenvalue weighted by atomic mass is 16.1. The predicted octanol–water partition coefficient (Wildman–Crippen LogP) is 3.19. The van der Waals surface area contributed by atoms with Gasteiger partial charge in [-0.05, 0) is 35.4 Å². The Morgan fingerprint density at radius 2 is 2.06 bits per heavy atom. The first-order chi connectivity index (χ1) is 8.35. The molecule has 0 aromatic heterocycles. The normalized spacial score (nSPS) is 20.0. The van der Waals surface area contributed by atoms with Crippen molar-refractivity contribution < 1.29 is 4.79 Å². The molecule has 18 heavy (non-hydrogen) atoms. The summed E-state index contributed by atoms with van der Waals surface area (Å²) in [6, 6.07) is 6.66. The summed E-state index contributed by atoms with van der Waals surface area (Å²) in [6.07, 6.45) is 1.72. The van der Waals surface area contributed by atoms with Crippen LogP contribution >= 0.6 is 0 Å². The van der Waals surface area contributed by atoms with Gasteiger partial charge in [0.15, 0.2) is 0 Å². The largest absolute Gasteiger partial charge is 0.355 e. The van der Waals surface area contributed by atoms with Gasteiger partial charge in [0.1, 0.15) is 0 Å². The number of aryl methyl sites for hydroxylation is 1. The molecule has 0 radical (unpaired) electrons. The Bertz CT molecular complexity index is 457. The number of nitrogens with one attached hydrogen (secondary N) is 1. The van der Waals surface area contributed by atoms with E-state index in [-0.39, 0.29) is 5.91 Å². The topological polar surface area (TPSA) is 29.1 Å². The smallest absolute Gasteiger partial charge is 0.220 e. The van der Waals surface area contributed by atoms with E-state index in [4.69, 9.17) is 0 Å². The van der Waals surface area contributed by atoms with Crippen LogP contribution in [0.25, 0.3) is 0 Å². The molecule has 1 aliphatic heterocycles. The number of carbonyl (C=O) groups is 1. The lowest BCUT2D eigenvalue weighted by molar-refractivity contribution is -0.119. The lowest BCUT2D eigenvalue weighted by atomic mass is 9.84. The van der Waals surface area contributed by atoms with Gasteiger partial charge in [0, 0.05) is 18.9 Å². The van der Waals surface area contributed by atoms with Gasteiger partial charge in [-0.15, -0.1) is 0 Å². The number of amides is 1. The molecule has 0 spiro atoms. The van der Waals surface area contributed by atoms with Crippen molar-refractivity contribution in [1.29, 1.82) is 0 Å². The van der Waals surface area contributed by atoms with E-state index < -0.39 is 0 Å². The van der Waals surface area contributed by atoms with E-state index in [1.165, 1.54) is 16.7 Å². The van der Waals surface area contributed by atoms with Gasteiger partial charge in [-0.2, -0.15) is 0 Å². The van der Waals surface area contributed by atoms with Gasteiger partial charge in [0.05, 0.1) is 0 Å². The van der Waals surface area contributed by atoms with Crippen molar-refractivity contribution in [3.63, 3.8) is 0 Å². The molecule has 0 bridgehead atoms. The molecule has 1 heterocycles. The summed E-state index contributed by atoms with van der Waals surface area (Å²) >= 11 is 0. The van der Waals surface area contributed by atoms with E-state index in [1.807, 2.05) is 0 Å². The minimum Gasteiger partial charge on any atom is -0.355 e. The van der Waals surface area contributed by atoms with Crippen LogP contribution in [0.4, 0.5) is 0 Å². The summed E-state index contributed by atoms with van der Waals surface area (Å²) in [5, 5.41) is 2.91. The van der Waals surface area contributed by atoms with Crippen LogP contribution in [0.2, 0.25) is 0 Å². The van der Waals surface area contributed by atoms with Crippen LogP contribution in [-0.4, -0.2) is 12.5 Å². The fraction of sp³-hybridized carbons (Fsp3) is 0.562. The second-order valence-electron chi connectivity index (χ2n) is 6.63. The number of hydrogen-bond donors (Lipinski definition) is 1. The highest BCUT2D eigenvalue weighted by Crippen LogP contribution is 2.28. The highest BCUT2D eigenvalue weighted by molar-refractivity contribution is 5.79. The average molecular weight is 245 g/mol. The highest BCUT2D eigenvalue weighted by Gasteiger charge is 2.23. The van der Waals surface area contributed by atoms with Crippen LogP contribution in [0.5, 0.6) is 0 Å². The monoisotopic (exact) mass is 245 g/mol. The lowest BCUT2D eigenvalue weighted by Gasteiger charge is -2.21. The molecule has 2 nitrogen and oxygen atoms in total. The third kappa shape index (κ3) is 3.12. The molecule has 2 heteroatoms. The first-order valence-corrected chi connectivity index (χ1v) is 6.71. The molecule has 1 atom stereocenters. The van der Waals surface area contributed by atoms with Crippen molar-refractivity contribution in [2.45, 2.75) is 46.5 Å².